The number of phenols is 1. The first kappa shape index (κ1) is 19.9. The van der Waals surface area contributed by atoms with Crippen LogP contribution in [0.4, 0.5) is 0 Å². The molecule has 1 aliphatic heterocycles. The molecule has 1 fully saturated rings. The summed E-state index contributed by atoms with van der Waals surface area (Å²) in [7, 11) is 0. The van der Waals surface area contributed by atoms with Gasteiger partial charge < -0.3 is 19.7 Å². The summed E-state index contributed by atoms with van der Waals surface area (Å²) in [6.07, 6.45) is 5.42. The van der Waals surface area contributed by atoms with E-state index in [2.05, 4.69) is 19.9 Å². The molecule has 0 amide bonds. The van der Waals surface area contributed by atoms with Crippen LogP contribution in [0.2, 0.25) is 0 Å². The van der Waals surface area contributed by atoms with Gasteiger partial charge in [-0.1, -0.05) is 26.0 Å². The molecule has 0 aromatic heterocycles. The van der Waals surface area contributed by atoms with Gasteiger partial charge in [0.25, 0.3) is 0 Å². The van der Waals surface area contributed by atoms with Crippen LogP contribution in [0.3, 0.4) is 0 Å². The molecule has 0 saturated carbocycles. The number of carbonyl (C=O) groups excluding carboxylic acids is 1. The fraction of sp³-hybridized carbons (Fsp3) is 0.591. The molecule has 2 N–H and O–H groups in total. The van der Waals surface area contributed by atoms with Gasteiger partial charge in [-0.2, -0.15) is 0 Å². The lowest BCUT2D eigenvalue weighted by molar-refractivity contribution is 0.00393. The topological polar surface area (TPSA) is 79.3 Å². The molecular weight excluding hydrogens is 344 g/mol. The van der Waals surface area contributed by atoms with E-state index in [-0.39, 0.29) is 35.4 Å². The fourth-order valence-corrected chi connectivity index (χ4v) is 3.92. The third-order valence-corrected chi connectivity index (χ3v) is 5.74. The molecule has 0 spiro atoms. The zero-order valence-corrected chi connectivity index (χ0v) is 16.5. The van der Waals surface area contributed by atoms with Crippen molar-refractivity contribution in [2.45, 2.75) is 70.4 Å². The van der Waals surface area contributed by atoms with Gasteiger partial charge in [-0.25, -0.2) is 4.79 Å². The summed E-state index contributed by atoms with van der Waals surface area (Å²) in [5.41, 5.74) is -0.768. The Hall–Kier alpha value is -1.85. The molecule has 5 nitrogen and oxygen atoms in total. The first-order chi connectivity index (χ1) is 12.6. The summed E-state index contributed by atoms with van der Waals surface area (Å²) >= 11 is 0. The number of fused-ring (bicyclic) bond motifs is 1. The van der Waals surface area contributed by atoms with Gasteiger partial charge in [-0.05, 0) is 50.5 Å². The highest BCUT2D eigenvalue weighted by Crippen LogP contribution is 2.47. The Morgan fingerprint density at radius 3 is 2.52 bits per heavy atom. The van der Waals surface area contributed by atoms with Crippen molar-refractivity contribution in [1.82, 2.24) is 0 Å². The number of esters is 1. The van der Waals surface area contributed by atoms with E-state index in [1.54, 1.807) is 12.1 Å². The monoisotopic (exact) mass is 374 g/mol. The molecule has 1 aromatic rings. The van der Waals surface area contributed by atoms with Gasteiger partial charge in [0, 0.05) is 18.8 Å². The molecule has 27 heavy (non-hydrogen) atoms. The standard InChI is InChI=1S/C22H30O5/c1-14(2)17-6-5-11-21(3,25)13-19-22(4,27-19)12-18(17)26-20(24)15-7-9-16(23)10-8-15/h5-10,14,17-19,23,25H,11-13H2,1-4H3. The molecule has 148 valence electrons. The van der Waals surface area contributed by atoms with E-state index in [1.807, 2.05) is 19.9 Å². The Kier molecular flexibility index (Phi) is 5.37. The van der Waals surface area contributed by atoms with Crippen LogP contribution in [0.15, 0.2) is 36.4 Å². The molecule has 1 aliphatic carbocycles. The van der Waals surface area contributed by atoms with Crippen molar-refractivity contribution in [2.75, 3.05) is 0 Å². The summed E-state index contributed by atoms with van der Waals surface area (Å²) in [4.78, 5) is 12.7. The number of hydrogen-bond donors (Lipinski definition) is 2. The number of carbonyl (C=O) groups is 1. The fourth-order valence-electron chi connectivity index (χ4n) is 3.92. The second-order valence-electron chi connectivity index (χ2n) is 8.77. The minimum absolute atomic E-state index is 0.0262. The molecule has 1 aromatic carbocycles. The molecule has 1 saturated heterocycles. The van der Waals surface area contributed by atoms with Gasteiger partial charge in [0.05, 0.1) is 22.9 Å². The predicted octanol–water partition coefficient (Wildman–Crippen LogP) is 3.84. The van der Waals surface area contributed by atoms with Crippen LogP contribution in [0.25, 0.3) is 0 Å². The number of epoxide rings is 1. The maximum Gasteiger partial charge on any atom is 0.338 e. The normalized spacial score (nSPS) is 36.1. The number of ether oxygens (including phenoxy) is 2. The average molecular weight is 374 g/mol. The molecule has 2 aliphatic rings. The Labute approximate surface area is 161 Å². The van der Waals surface area contributed by atoms with Crippen molar-refractivity contribution in [3.63, 3.8) is 0 Å². The number of hydrogen-bond acceptors (Lipinski definition) is 5. The van der Waals surface area contributed by atoms with E-state index in [0.717, 1.165) is 0 Å². The van der Waals surface area contributed by atoms with Gasteiger partial charge in [0.2, 0.25) is 0 Å². The first-order valence-corrected chi connectivity index (χ1v) is 9.66. The van der Waals surface area contributed by atoms with E-state index in [4.69, 9.17) is 9.47 Å². The zero-order valence-electron chi connectivity index (χ0n) is 16.5. The van der Waals surface area contributed by atoms with Crippen molar-refractivity contribution in [3.8, 4) is 5.75 Å². The Morgan fingerprint density at radius 1 is 1.22 bits per heavy atom. The van der Waals surface area contributed by atoms with Crippen LogP contribution in [0.1, 0.15) is 57.3 Å². The highest BCUT2D eigenvalue weighted by Gasteiger charge is 2.56. The number of benzene rings is 1. The van der Waals surface area contributed by atoms with Crippen molar-refractivity contribution < 1.29 is 24.5 Å². The third-order valence-electron chi connectivity index (χ3n) is 5.74. The summed E-state index contributed by atoms with van der Waals surface area (Å²) in [5.74, 6) is 0.0107. The molecule has 1 heterocycles. The largest absolute Gasteiger partial charge is 0.508 e. The number of aliphatic hydroxyl groups is 1. The van der Waals surface area contributed by atoms with E-state index < -0.39 is 11.6 Å². The second kappa shape index (κ2) is 7.28. The Balaban J connectivity index is 1.84. The lowest BCUT2D eigenvalue weighted by atomic mass is 9.80. The molecule has 5 unspecified atom stereocenters. The maximum atomic E-state index is 12.7. The summed E-state index contributed by atoms with van der Waals surface area (Å²) in [6, 6.07) is 6.08. The summed E-state index contributed by atoms with van der Waals surface area (Å²) in [5, 5.41) is 20.0. The minimum Gasteiger partial charge on any atom is -0.508 e. The van der Waals surface area contributed by atoms with Crippen LogP contribution in [0.5, 0.6) is 5.75 Å². The third kappa shape index (κ3) is 4.71. The lowest BCUT2D eigenvalue weighted by Crippen LogP contribution is -2.36. The molecule has 0 bridgehead atoms. The first-order valence-electron chi connectivity index (χ1n) is 9.66. The van der Waals surface area contributed by atoms with Gasteiger partial charge in [-0.15, -0.1) is 0 Å². The van der Waals surface area contributed by atoms with Crippen LogP contribution >= 0.6 is 0 Å². The predicted molar refractivity (Wildman–Crippen MR) is 103 cm³/mol. The van der Waals surface area contributed by atoms with E-state index in [0.29, 0.717) is 24.8 Å². The highest BCUT2D eigenvalue weighted by atomic mass is 16.6. The highest BCUT2D eigenvalue weighted by molar-refractivity contribution is 5.89. The van der Waals surface area contributed by atoms with E-state index in [9.17, 15) is 15.0 Å². The van der Waals surface area contributed by atoms with E-state index >= 15 is 0 Å². The molecular formula is C22H30O5. The van der Waals surface area contributed by atoms with Crippen LogP contribution < -0.4 is 0 Å². The van der Waals surface area contributed by atoms with Gasteiger partial charge in [0.15, 0.2) is 0 Å². The number of phenolic OH excluding ortho intramolecular Hbond substituents is 1. The smallest absolute Gasteiger partial charge is 0.338 e. The van der Waals surface area contributed by atoms with Crippen LogP contribution in [0, 0.1) is 11.8 Å². The van der Waals surface area contributed by atoms with Crippen LogP contribution in [-0.2, 0) is 9.47 Å². The quantitative estimate of drug-likeness (QED) is 0.477. The minimum atomic E-state index is -0.796. The van der Waals surface area contributed by atoms with E-state index in [1.165, 1.54) is 12.1 Å². The lowest BCUT2D eigenvalue weighted by Gasteiger charge is -2.31. The molecule has 3 rings (SSSR count). The Bertz CT molecular complexity index is 706. The van der Waals surface area contributed by atoms with Gasteiger partial charge in [-0.3, -0.25) is 0 Å². The number of rotatable bonds is 3. The zero-order chi connectivity index (χ0) is 19.8. The van der Waals surface area contributed by atoms with Gasteiger partial charge >= 0.3 is 5.97 Å². The Morgan fingerprint density at radius 2 is 1.89 bits per heavy atom. The van der Waals surface area contributed by atoms with Crippen molar-refractivity contribution in [2.24, 2.45) is 11.8 Å². The van der Waals surface area contributed by atoms with Crippen molar-refractivity contribution in [1.29, 1.82) is 0 Å². The molecule has 5 atom stereocenters. The summed E-state index contributed by atoms with van der Waals surface area (Å²) < 4.78 is 11.8. The maximum absolute atomic E-state index is 12.7. The molecule has 5 heteroatoms. The van der Waals surface area contributed by atoms with Crippen molar-refractivity contribution in [3.05, 3.63) is 42.0 Å². The van der Waals surface area contributed by atoms with Crippen molar-refractivity contribution >= 4 is 5.97 Å². The molecule has 0 radical (unpaired) electrons. The SMILES string of the molecule is CC(C)C1C=CCC(C)(O)CC2OC2(C)CC1OC(=O)c1ccc(O)cc1. The van der Waals surface area contributed by atoms with Gasteiger partial charge in [0.1, 0.15) is 11.9 Å². The van der Waals surface area contributed by atoms with Crippen LogP contribution in [-0.4, -0.2) is 39.6 Å². The number of aromatic hydroxyl groups is 1. The average Bonchev–Trinajstić information content (AvgIpc) is 3.18. The second-order valence-corrected chi connectivity index (χ2v) is 8.77. The summed E-state index contributed by atoms with van der Waals surface area (Å²) in [6.45, 7) is 8.08.